The Hall–Kier alpha value is -3.16. The molecule has 1 aliphatic heterocycles. The van der Waals surface area contributed by atoms with Gasteiger partial charge in [0.15, 0.2) is 5.69 Å². The first-order valence-electron chi connectivity index (χ1n) is 9.56. The fourth-order valence-corrected chi connectivity index (χ4v) is 3.66. The van der Waals surface area contributed by atoms with Gasteiger partial charge in [-0.3, -0.25) is 4.68 Å². The lowest BCUT2D eigenvalue weighted by molar-refractivity contribution is 0.0517. The van der Waals surface area contributed by atoms with Crippen molar-refractivity contribution in [1.82, 2.24) is 24.3 Å². The van der Waals surface area contributed by atoms with Crippen LogP contribution in [0.1, 0.15) is 35.6 Å². The monoisotopic (exact) mass is 380 g/mol. The number of imidazole rings is 1. The van der Waals surface area contributed by atoms with Crippen molar-refractivity contribution in [2.24, 2.45) is 7.05 Å². The van der Waals surface area contributed by atoms with Gasteiger partial charge >= 0.3 is 5.97 Å². The van der Waals surface area contributed by atoms with Crippen LogP contribution in [0.2, 0.25) is 0 Å². The van der Waals surface area contributed by atoms with E-state index in [9.17, 15) is 4.79 Å². The zero-order chi connectivity index (χ0) is 19.7. The van der Waals surface area contributed by atoms with E-state index in [0.29, 0.717) is 18.8 Å². The molecule has 0 amide bonds. The van der Waals surface area contributed by atoms with Crippen LogP contribution in [0.4, 0.5) is 5.82 Å². The molecule has 1 aliphatic rings. The number of hydrogen-bond donors (Lipinski definition) is 0. The lowest BCUT2D eigenvalue weighted by Crippen LogP contribution is -2.32. The summed E-state index contributed by atoms with van der Waals surface area (Å²) in [5.41, 5.74) is 3.46. The van der Waals surface area contributed by atoms with Crippen molar-refractivity contribution in [2.45, 2.75) is 33.4 Å². The molecule has 0 saturated heterocycles. The molecule has 3 aromatic heterocycles. The number of aryl methyl sites for hydroxylation is 2. The average Bonchev–Trinajstić information content (AvgIpc) is 3.31. The van der Waals surface area contributed by atoms with Crippen molar-refractivity contribution in [3.63, 3.8) is 0 Å². The predicted octanol–water partition coefficient (Wildman–Crippen LogP) is 2.44. The summed E-state index contributed by atoms with van der Waals surface area (Å²) in [5, 5.41) is 4.50. The van der Waals surface area contributed by atoms with Crippen molar-refractivity contribution in [2.75, 3.05) is 18.1 Å². The number of nitrogens with zero attached hydrogens (tertiary/aromatic N) is 6. The van der Waals surface area contributed by atoms with E-state index >= 15 is 0 Å². The fourth-order valence-electron chi connectivity index (χ4n) is 3.66. The van der Waals surface area contributed by atoms with Crippen molar-refractivity contribution >= 4 is 11.8 Å². The zero-order valence-electron chi connectivity index (χ0n) is 16.4. The number of fused-ring (bicyclic) bond motifs is 1. The number of hydrogen-bond acceptors (Lipinski definition) is 6. The summed E-state index contributed by atoms with van der Waals surface area (Å²) in [6.45, 7) is 6.34. The maximum absolute atomic E-state index is 12.4. The third-order valence-electron chi connectivity index (χ3n) is 5.05. The Morgan fingerprint density at radius 1 is 1.25 bits per heavy atom. The number of esters is 1. The van der Waals surface area contributed by atoms with E-state index in [1.165, 1.54) is 0 Å². The van der Waals surface area contributed by atoms with E-state index in [1.807, 2.05) is 47.7 Å². The zero-order valence-corrected chi connectivity index (χ0v) is 16.4. The van der Waals surface area contributed by atoms with Gasteiger partial charge in [-0.1, -0.05) is 0 Å². The first-order chi connectivity index (χ1) is 13.6. The summed E-state index contributed by atoms with van der Waals surface area (Å²) < 4.78 is 9.08. The first kappa shape index (κ1) is 18.2. The van der Waals surface area contributed by atoms with E-state index in [1.54, 1.807) is 13.1 Å². The summed E-state index contributed by atoms with van der Waals surface area (Å²) in [6, 6.07) is 4.03. The Balaban J connectivity index is 1.61. The minimum absolute atomic E-state index is 0.340. The topological polar surface area (TPSA) is 78.1 Å². The van der Waals surface area contributed by atoms with E-state index in [0.717, 1.165) is 48.0 Å². The summed E-state index contributed by atoms with van der Waals surface area (Å²) in [6.07, 6.45) is 6.35. The van der Waals surface area contributed by atoms with Crippen LogP contribution in [0, 0.1) is 0 Å². The molecular weight excluding hydrogens is 356 g/mol. The molecule has 0 fully saturated rings. The van der Waals surface area contributed by atoms with Gasteiger partial charge in [-0.25, -0.2) is 14.8 Å². The second kappa shape index (κ2) is 7.46. The minimum Gasteiger partial charge on any atom is -0.461 e. The molecular formula is C20H24N6O2. The average molecular weight is 380 g/mol. The second-order valence-electron chi connectivity index (χ2n) is 6.75. The third kappa shape index (κ3) is 3.15. The van der Waals surface area contributed by atoms with Gasteiger partial charge < -0.3 is 14.2 Å². The number of carbonyl (C=O) groups is 1. The van der Waals surface area contributed by atoms with Crippen LogP contribution >= 0.6 is 0 Å². The number of pyridine rings is 1. The van der Waals surface area contributed by atoms with Gasteiger partial charge in [0.2, 0.25) is 0 Å². The number of ether oxygens (including phenoxy) is 1. The molecule has 0 radical (unpaired) electrons. The van der Waals surface area contributed by atoms with E-state index in [2.05, 4.69) is 20.0 Å². The highest BCUT2D eigenvalue weighted by Crippen LogP contribution is 2.27. The van der Waals surface area contributed by atoms with Gasteiger partial charge in [0.05, 0.1) is 6.61 Å². The van der Waals surface area contributed by atoms with Crippen molar-refractivity contribution < 1.29 is 9.53 Å². The highest BCUT2D eigenvalue weighted by atomic mass is 16.5. The lowest BCUT2D eigenvalue weighted by Gasteiger charge is -2.28. The smallest absolute Gasteiger partial charge is 0.359 e. The number of anilines is 1. The summed E-state index contributed by atoms with van der Waals surface area (Å²) >= 11 is 0. The Morgan fingerprint density at radius 2 is 2.11 bits per heavy atom. The molecule has 0 aromatic carbocycles. The van der Waals surface area contributed by atoms with Crippen molar-refractivity contribution in [3.8, 4) is 11.4 Å². The van der Waals surface area contributed by atoms with Gasteiger partial charge in [0.25, 0.3) is 0 Å². The SMILES string of the molecule is CCOC(=O)c1nn(CC)c2c1CN(c1ccc(-c3nccn3C)cn1)CC2. The Labute approximate surface area is 163 Å². The van der Waals surface area contributed by atoms with E-state index < -0.39 is 0 Å². The van der Waals surface area contributed by atoms with Gasteiger partial charge in [-0.15, -0.1) is 0 Å². The molecule has 0 spiro atoms. The van der Waals surface area contributed by atoms with Crippen LogP contribution in [0.5, 0.6) is 0 Å². The highest BCUT2D eigenvalue weighted by Gasteiger charge is 2.29. The molecule has 28 heavy (non-hydrogen) atoms. The molecule has 8 nitrogen and oxygen atoms in total. The molecule has 0 aliphatic carbocycles. The van der Waals surface area contributed by atoms with Gasteiger partial charge in [-0.2, -0.15) is 5.10 Å². The molecule has 4 rings (SSSR count). The van der Waals surface area contributed by atoms with Crippen molar-refractivity contribution in [3.05, 3.63) is 47.7 Å². The Bertz CT molecular complexity index is 989. The fraction of sp³-hybridized carbons (Fsp3) is 0.400. The van der Waals surface area contributed by atoms with Gasteiger partial charge in [0.1, 0.15) is 11.6 Å². The number of rotatable bonds is 5. The van der Waals surface area contributed by atoms with E-state index in [-0.39, 0.29) is 5.97 Å². The van der Waals surface area contributed by atoms with Gasteiger partial charge in [-0.05, 0) is 26.0 Å². The van der Waals surface area contributed by atoms with Crippen LogP contribution in [0.3, 0.4) is 0 Å². The van der Waals surface area contributed by atoms with Crippen LogP contribution < -0.4 is 4.90 Å². The maximum Gasteiger partial charge on any atom is 0.359 e. The quantitative estimate of drug-likeness (QED) is 0.633. The first-order valence-corrected chi connectivity index (χ1v) is 9.56. The van der Waals surface area contributed by atoms with Crippen LogP contribution in [0.15, 0.2) is 30.7 Å². The highest BCUT2D eigenvalue weighted by molar-refractivity contribution is 5.89. The Morgan fingerprint density at radius 3 is 2.75 bits per heavy atom. The minimum atomic E-state index is -0.356. The molecule has 0 bridgehead atoms. The van der Waals surface area contributed by atoms with Gasteiger partial charge in [0, 0.05) is 68.5 Å². The molecule has 146 valence electrons. The summed E-state index contributed by atoms with van der Waals surface area (Å²) in [7, 11) is 1.96. The van der Waals surface area contributed by atoms with Crippen LogP contribution in [-0.2, 0) is 31.3 Å². The summed E-state index contributed by atoms with van der Waals surface area (Å²) in [4.78, 5) is 23.5. The molecule has 4 heterocycles. The maximum atomic E-state index is 12.4. The van der Waals surface area contributed by atoms with Crippen LogP contribution in [-0.4, -0.2) is 43.4 Å². The number of carbonyl (C=O) groups excluding carboxylic acids is 1. The molecule has 3 aromatic rings. The summed E-state index contributed by atoms with van der Waals surface area (Å²) in [5.74, 6) is 1.40. The van der Waals surface area contributed by atoms with E-state index in [4.69, 9.17) is 4.74 Å². The molecule has 8 heteroatoms. The second-order valence-corrected chi connectivity index (χ2v) is 6.75. The van der Waals surface area contributed by atoms with Crippen LogP contribution in [0.25, 0.3) is 11.4 Å². The molecule has 0 unspecified atom stereocenters. The standard InChI is InChI=1S/C20H24N6O2/c1-4-26-16-8-10-25(13-15(16)18(23-26)20(27)28-5-2)17-7-6-14(12-22-17)19-21-9-11-24(19)3/h6-7,9,11-12H,4-5,8,10,13H2,1-3H3. The Kier molecular flexibility index (Phi) is 4.85. The third-order valence-corrected chi connectivity index (χ3v) is 5.05. The molecule has 0 atom stereocenters. The van der Waals surface area contributed by atoms with Crippen molar-refractivity contribution in [1.29, 1.82) is 0 Å². The molecule has 0 saturated carbocycles. The predicted molar refractivity (Wildman–Crippen MR) is 105 cm³/mol. The lowest BCUT2D eigenvalue weighted by atomic mass is 10.0. The normalized spacial score (nSPS) is 13.5. The molecule has 0 N–H and O–H groups in total. The largest absolute Gasteiger partial charge is 0.461 e. The number of aromatic nitrogens is 5.